The van der Waals surface area contributed by atoms with Gasteiger partial charge in [0.2, 0.25) is 0 Å². The highest BCUT2D eigenvalue weighted by Gasteiger charge is 2.21. The van der Waals surface area contributed by atoms with Crippen molar-refractivity contribution in [3.63, 3.8) is 0 Å². The van der Waals surface area contributed by atoms with Crippen LogP contribution in [0.5, 0.6) is 0 Å². The van der Waals surface area contributed by atoms with Gasteiger partial charge in [0.25, 0.3) is 5.69 Å². The largest absolute Gasteiger partial charge is 0.298 e. The Hall–Kier alpha value is -2.86. The Kier molecular flexibility index (Phi) is 4.58. The van der Waals surface area contributed by atoms with Crippen LogP contribution in [0.25, 0.3) is 17.1 Å². The van der Waals surface area contributed by atoms with E-state index in [0.717, 1.165) is 42.5 Å². The number of benzene rings is 2. The first-order valence-corrected chi connectivity index (χ1v) is 9.42. The zero-order valence-corrected chi connectivity index (χ0v) is 15.8. The van der Waals surface area contributed by atoms with E-state index in [-0.39, 0.29) is 10.6 Å². The summed E-state index contributed by atoms with van der Waals surface area (Å²) in [6.07, 6.45) is 4.08. The summed E-state index contributed by atoms with van der Waals surface area (Å²) < 4.78 is 2.74. The molecule has 0 atom stereocenters. The molecule has 136 valence electrons. The summed E-state index contributed by atoms with van der Waals surface area (Å²) in [6.45, 7) is 2.05. The summed E-state index contributed by atoms with van der Waals surface area (Å²) in [7, 11) is 0. The Morgan fingerprint density at radius 3 is 2.67 bits per heavy atom. The second-order valence-corrected chi connectivity index (χ2v) is 7.24. The lowest BCUT2D eigenvalue weighted by molar-refractivity contribution is -0.384. The summed E-state index contributed by atoms with van der Waals surface area (Å²) >= 11 is 5.59. The van der Waals surface area contributed by atoms with Crippen molar-refractivity contribution >= 4 is 17.9 Å². The summed E-state index contributed by atoms with van der Waals surface area (Å²) in [6, 6.07) is 14.8. The van der Waals surface area contributed by atoms with E-state index in [1.165, 1.54) is 11.8 Å². The van der Waals surface area contributed by atoms with Gasteiger partial charge in [0.15, 0.2) is 0 Å². The molecule has 27 heavy (non-hydrogen) atoms. The van der Waals surface area contributed by atoms with Crippen molar-refractivity contribution < 1.29 is 4.92 Å². The second-order valence-electron chi connectivity index (χ2n) is 6.85. The third kappa shape index (κ3) is 3.28. The number of aryl methyl sites for hydroxylation is 1. The minimum atomic E-state index is -0.381. The number of rotatable bonds is 3. The first-order chi connectivity index (χ1) is 13.0. The Bertz CT molecular complexity index is 1100. The first kappa shape index (κ1) is 17.5. The van der Waals surface area contributed by atoms with Gasteiger partial charge in [-0.15, -0.1) is 0 Å². The molecule has 2 aromatic carbocycles. The lowest BCUT2D eigenvalue weighted by atomic mass is 9.96. The third-order valence-corrected chi connectivity index (χ3v) is 5.30. The molecule has 6 heteroatoms. The fraction of sp³-hybridized carbons (Fsp3) is 0.238. The number of nitro groups is 1. The highest BCUT2D eigenvalue weighted by atomic mass is 32.1. The molecule has 0 aliphatic heterocycles. The average Bonchev–Trinajstić information content (AvgIpc) is 2.68. The van der Waals surface area contributed by atoms with Crippen LogP contribution in [0.4, 0.5) is 5.69 Å². The first-order valence-electron chi connectivity index (χ1n) is 9.01. The van der Waals surface area contributed by atoms with Crippen molar-refractivity contribution in [3.8, 4) is 17.1 Å². The molecule has 0 spiro atoms. The molecule has 0 unspecified atom stereocenters. The van der Waals surface area contributed by atoms with Gasteiger partial charge < -0.3 is 0 Å². The summed E-state index contributed by atoms with van der Waals surface area (Å²) in [5, 5.41) is 11.2. The van der Waals surface area contributed by atoms with Crippen molar-refractivity contribution in [2.45, 2.75) is 32.6 Å². The summed E-state index contributed by atoms with van der Waals surface area (Å²) in [4.78, 5) is 15.6. The van der Waals surface area contributed by atoms with Crippen LogP contribution in [0.1, 0.15) is 29.7 Å². The van der Waals surface area contributed by atoms with Crippen LogP contribution in [0, 0.1) is 21.7 Å². The standard InChI is InChI=1S/C21H19N3O2S/c1-14-6-4-8-16(12-14)23-19-11-3-2-10-18(19)21(27)22-20(23)15-7-5-9-17(13-15)24(25)26/h4-9,12-13H,2-3,10-11H2,1H3. The van der Waals surface area contributed by atoms with Gasteiger partial charge in [-0.25, -0.2) is 4.98 Å². The van der Waals surface area contributed by atoms with E-state index >= 15 is 0 Å². The molecule has 0 amide bonds. The minimum Gasteiger partial charge on any atom is -0.298 e. The number of aromatic nitrogens is 2. The Morgan fingerprint density at radius 1 is 1.11 bits per heavy atom. The Morgan fingerprint density at radius 2 is 1.89 bits per heavy atom. The zero-order chi connectivity index (χ0) is 19.0. The monoisotopic (exact) mass is 377 g/mol. The van der Waals surface area contributed by atoms with Crippen molar-refractivity contribution in [1.82, 2.24) is 9.55 Å². The number of nitrogens with zero attached hydrogens (tertiary/aromatic N) is 3. The lowest BCUT2D eigenvalue weighted by Crippen LogP contribution is -2.17. The van der Waals surface area contributed by atoms with Crippen LogP contribution in [-0.4, -0.2) is 14.5 Å². The van der Waals surface area contributed by atoms with E-state index in [9.17, 15) is 10.1 Å². The number of fused-ring (bicyclic) bond motifs is 1. The van der Waals surface area contributed by atoms with Gasteiger partial charge in [-0.3, -0.25) is 14.7 Å². The van der Waals surface area contributed by atoms with Gasteiger partial charge in [0.05, 0.1) is 4.92 Å². The maximum absolute atomic E-state index is 11.2. The number of nitro benzene ring substituents is 1. The highest BCUT2D eigenvalue weighted by Crippen LogP contribution is 2.31. The summed E-state index contributed by atoms with van der Waals surface area (Å²) in [5.74, 6) is 0.662. The maximum Gasteiger partial charge on any atom is 0.270 e. The smallest absolute Gasteiger partial charge is 0.270 e. The predicted octanol–water partition coefficient (Wildman–Crippen LogP) is 5.36. The normalized spacial score (nSPS) is 13.2. The lowest BCUT2D eigenvalue weighted by Gasteiger charge is -2.24. The molecule has 0 fully saturated rings. The van der Waals surface area contributed by atoms with Crippen LogP contribution in [0.15, 0.2) is 48.5 Å². The van der Waals surface area contributed by atoms with E-state index in [0.29, 0.717) is 16.0 Å². The number of hydrogen-bond donors (Lipinski definition) is 0. The van der Waals surface area contributed by atoms with Crippen molar-refractivity contribution in [1.29, 1.82) is 0 Å². The van der Waals surface area contributed by atoms with Crippen LogP contribution >= 0.6 is 12.2 Å². The van der Waals surface area contributed by atoms with E-state index in [4.69, 9.17) is 17.2 Å². The SMILES string of the molecule is Cc1cccc(-n2c(-c3cccc([N+](=O)[O-])c3)nc(=S)c3c2CCCC3)c1. The molecule has 1 aromatic heterocycles. The molecule has 3 aromatic rings. The van der Waals surface area contributed by atoms with Gasteiger partial charge >= 0.3 is 0 Å². The fourth-order valence-corrected chi connectivity index (χ4v) is 4.01. The molecule has 0 N–H and O–H groups in total. The van der Waals surface area contributed by atoms with E-state index in [2.05, 4.69) is 23.6 Å². The van der Waals surface area contributed by atoms with Crippen LogP contribution in [-0.2, 0) is 12.8 Å². The zero-order valence-electron chi connectivity index (χ0n) is 15.0. The molecular weight excluding hydrogens is 358 g/mol. The molecule has 0 bridgehead atoms. The van der Waals surface area contributed by atoms with Crippen LogP contribution in [0.2, 0.25) is 0 Å². The van der Waals surface area contributed by atoms with E-state index in [1.54, 1.807) is 12.1 Å². The molecule has 1 aliphatic rings. The topological polar surface area (TPSA) is 61.0 Å². The van der Waals surface area contributed by atoms with Gasteiger partial charge in [-0.05, 0) is 50.3 Å². The molecule has 0 saturated carbocycles. The van der Waals surface area contributed by atoms with Crippen molar-refractivity contribution in [2.75, 3.05) is 0 Å². The van der Waals surface area contributed by atoms with Gasteiger partial charge in [0, 0.05) is 34.6 Å². The molecule has 0 saturated heterocycles. The minimum absolute atomic E-state index is 0.0498. The number of non-ortho nitro benzene ring substituents is 1. The maximum atomic E-state index is 11.2. The number of hydrogen-bond acceptors (Lipinski definition) is 4. The second kappa shape index (κ2) is 7.04. The predicted molar refractivity (Wildman–Crippen MR) is 108 cm³/mol. The average molecular weight is 377 g/mol. The molecule has 1 aliphatic carbocycles. The molecule has 4 rings (SSSR count). The Labute approximate surface area is 162 Å². The van der Waals surface area contributed by atoms with Crippen LogP contribution < -0.4 is 0 Å². The molecule has 5 nitrogen and oxygen atoms in total. The van der Waals surface area contributed by atoms with Gasteiger partial charge in [-0.1, -0.05) is 36.5 Å². The van der Waals surface area contributed by atoms with E-state index in [1.807, 2.05) is 18.2 Å². The molecular formula is C21H19N3O2S. The van der Waals surface area contributed by atoms with Crippen molar-refractivity contribution in [2.24, 2.45) is 0 Å². The van der Waals surface area contributed by atoms with Gasteiger partial charge in [-0.2, -0.15) is 0 Å². The van der Waals surface area contributed by atoms with E-state index < -0.39 is 0 Å². The molecule has 0 radical (unpaired) electrons. The van der Waals surface area contributed by atoms with Crippen LogP contribution in [0.3, 0.4) is 0 Å². The van der Waals surface area contributed by atoms with Crippen molar-refractivity contribution in [3.05, 3.63) is 80.1 Å². The quantitative estimate of drug-likeness (QED) is 0.350. The van der Waals surface area contributed by atoms with Gasteiger partial charge in [0.1, 0.15) is 10.5 Å². The third-order valence-electron chi connectivity index (χ3n) is 4.96. The summed E-state index contributed by atoms with van der Waals surface area (Å²) in [5.41, 5.74) is 5.22. The highest BCUT2D eigenvalue weighted by molar-refractivity contribution is 7.71. The Balaban J connectivity index is 2.04. The fourth-order valence-electron chi connectivity index (χ4n) is 3.71. The molecule has 1 heterocycles.